The van der Waals surface area contributed by atoms with Crippen molar-refractivity contribution in [3.8, 4) is 0 Å². The van der Waals surface area contributed by atoms with Crippen molar-refractivity contribution in [2.24, 2.45) is 0 Å². The number of allylic oxidation sites excluding steroid dienone is 8. The summed E-state index contributed by atoms with van der Waals surface area (Å²) in [4.78, 5) is 0. The molecular formula is C32H40Ti. The third-order valence-electron chi connectivity index (χ3n) is 9.56. The molecule has 0 aromatic heterocycles. The molecule has 2 aromatic carbocycles. The maximum absolute atomic E-state index is 2.98. The first kappa shape index (κ1) is 24.2. The van der Waals surface area contributed by atoms with Gasteiger partial charge in [-0.3, -0.25) is 0 Å². The van der Waals surface area contributed by atoms with E-state index in [4.69, 9.17) is 0 Å². The molecule has 0 N–H and O–H groups in total. The summed E-state index contributed by atoms with van der Waals surface area (Å²) >= 11 is -2.98. The van der Waals surface area contributed by atoms with Crippen molar-refractivity contribution in [2.75, 3.05) is 0 Å². The number of hydrogen-bond acceptors (Lipinski definition) is 0. The Bertz CT molecular complexity index is 1080. The molecule has 4 rings (SSSR count). The minimum atomic E-state index is -2.98. The summed E-state index contributed by atoms with van der Waals surface area (Å²) in [6, 6.07) is 22.7. The topological polar surface area (TPSA) is 0 Å². The van der Waals surface area contributed by atoms with Crippen LogP contribution in [0.15, 0.2) is 106 Å². The number of rotatable bonds is 6. The molecule has 2 aliphatic carbocycles. The Balaban J connectivity index is 2.07. The van der Waals surface area contributed by atoms with Crippen LogP contribution in [0.5, 0.6) is 0 Å². The Morgan fingerprint density at radius 1 is 0.545 bits per heavy atom. The molecule has 0 saturated heterocycles. The Hall–Kier alpha value is -1.89. The monoisotopic (exact) mass is 472 g/mol. The van der Waals surface area contributed by atoms with Crippen LogP contribution in [0, 0.1) is 0 Å². The third kappa shape index (κ3) is 3.71. The van der Waals surface area contributed by atoms with Crippen LogP contribution < -0.4 is 0 Å². The number of benzene rings is 2. The van der Waals surface area contributed by atoms with Crippen LogP contribution in [0.3, 0.4) is 0 Å². The average molecular weight is 473 g/mol. The van der Waals surface area contributed by atoms with E-state index in [0.29, 0.717) is 0 Å². The summed E-state index contributed by atoms with van der Waals surface area (Å²) in [6.45, 7) is 19.4. The Kier molecular flexibility index (Phi) is 6.40. The molecule has 33 heavy (non-hydrogen) atoms. The van der Waals surface area contributed by atoms with Gasteiger partial charge in [-0.05, 0) is 0 Å². The van der Waals surface area contributed by atoms with Gasteiger partial charge >= 0.3 is 206 Å². The predicted molar refractivity (Wildman–Crippen MR) is 141 cm³/mol. The first-order chi connectivity index (χ1) is 15.6. The molecule has 172 valence electrons. The van der Waals surface area contributed by atoms with E-state index in [2.05, 4.69) is 128 Å². The fourth-order valence-electron chi connectivity index (χ4n) is 6.89. The fraction of sp³-hybridized carbons (Fsp3) is 0.375. The van der Waals surface area contributed by atoms with Crippen LogP contribution >= 0.6 is 0 Å². The zero-order chi connectivity index (χ0) is 24.0. The number of hydrogen-bond donors (Lipinski definition) is 0. The van der Waals surface area contributed by atoms with Crippen molar-refractivity contribution in [1.82, 2.24) is 0 Å². The van der Waals surface area contributed by atoms with E-state index in [1.54, 1.807) is 11.1 Å². The summed E-state index contributed by atoms with van der Waals surface area (Å²) < 4.78 is 2.67. The second-order valence-electron chi connectivity index (χ2n) is 11.0. The molecule has 0 amide bonds. The molecule has 0 fully saturated rings. The van der Waals surface area contributed by atoms with Gasteiger partial charge in [-0.15, -0.1) is 0 Å². The zero-order valence-electron chi connectivity index (χ0n) is 21.8. The average Bonchev–Trinajstić information content (AvgIpc) is 3.14. The van der Waals surface area contributed by atoms with Crippen molar-refractivity contribution in [2.45, 2.75) is 72.3 Å². The summed E-state index contributed by atoms with van der Waals surface area (Å²) in [5, 5.41) is 0. The van der Waals surface area contributed by atoms with Crippen molar-refractivity contribution in [3.05, 3.63) is 117 Å². The molecule has 0 radical (unpaired) electrons. The second-order valence-corrected chi connectivity index (χ2v) is 18.7. The van der Waals surface area contributed by atoms with Gasteiger partial charge in [0.2, 0.25) is 0 Å². The van der Waals surface area contributed by atoms with Crippen LogP contribution in [-0.2, 0) is 26.0 Å². The molecule has 2 atom stereocenters. The van der Waals surface area contributed by atoms with Gasteiger partial charge in [-0.1, -0.05) is 0 Å². The molecule has 0 saturated carbocycles. The summed E-state index contributed by atoms with van der Waals surface area (Å²) in [5.74, 6) is 0. The van der Waals surface area contributed by atoms with Crippen LogP contribution in [0.25, 0.3) is 0 Å². The molecule has 0 nitrogen and oxygen atoms in total. The first-order valence-corrected chi connectivity index (χ1v) is 16.2. The van der Waals surface area contributed by atoms with Gasteiger partial charge in [0.1, 0.15) is 0 Å². The predicted octanol–water partition coefficient (Wildman–Crippen LogP) is 9.49. The quantitative estimate of drug-likeness (QED) is 0.367. The molecule has 1 heteroatoms. The summed E-state index contributed by atoms with van der Waals surface area (Å²) in [6.07, 6.45) is 5.36. The molecule has 0 spiro atoms. The van der Waals surface area contributed by atoms with Crippen molar-refractivity contribution < 1.29 is 16.6 Å². The Labute approximate surface area is 205 Å². The minimum absolute atomic E-state index is 0.122. The molecule has 0 bridgehead atoms. The maximum atomic E-state index is 2.68. The van der Waals surface area contributed by atoms with Gasteiger partial charge in [0.25, 0.3) is 0 Å². The molecule has 0 heterocycles. The Morgan fingerprint density at radius 3 is 1.15 bits per heavy atom. The molecule has 2 aromatic rings. The molecule has 2 aliphatic rings. The fourth-order valence-corrected chi connectivity index (χ4v) is 18.3. The van der Waals surface area contributed by atoms with Crippen LogP contribution in [-0.4, -0.2) is 0 Å². The van der Waals surface area contributed by atoms with E-state index in [0.717, 1.165) is 0 Å². The van der Waals surface area contributed by atoms with E-state index in [1.165, 1.54) is 42.9 Å². The first-order valence-electron chi connectivity index (χ1n) is 12.4. The van der Waals surface area contributed by atoms with Gasteiger partial charge in [0, 0.05) is 0 Å². The Morgan fingerprint density at radius 2 is 0.879 bits per heavy atom. The van der Waals surface area contributed by atoms with Crippen LogP contribution in [0.1, 0.15) is 66.5 Å². The van der Waals surface area contributed by atoms with Crippen LogP contribution in [0.4, 0.5) is 0 Å². The van der Waals surface area contributed by atoms with Gasteiger partial charge in [-0.25, -0.2) is 0 Å². The van der Waals surface area contributed by atoms with Crippen LogP contribution in [0.2, 0.25) is 7.44 Å². The summed E-state index contributed by atoms with van der Waals surface area (Å²) in [7, 11) is 0. The van der Waals surface area contributed by atoms with Gasteiger partial charge < -0.3 is 0 Å². The molecule has 0 aliphatic heterocycles. The third-order valence-corrected chi connectivity index (χ3v) is 20.6. The van der Waals surface area contributed by atoms with Crippen molar-refractivity contribution in [1.29, 1.82) is 0 Å². The van der Waals surface area contributed by atoms with Crippen molar-refractivity contribution in [3.63, 3.8) is 0 Å². The summed E-state index contributed by atoms with van der Waals surface area (Å²) in [5.41, 5.74) is 12.2. The SMILES string of the molecule is CC1=C[C](C)([Ti]([CH2]c2ccccc2)([CH2]c2ccccc2)[C]2(C)C=C(C)C(C)=C2C)C(C)=C1C. The molecule has 2 unspecified atom stereocenters. The van der Waals surface area contributed by atoms with Gasteiger partial charge in [0.15, 0.2) is 0 Å². The van der Waals surface area contributed by atoms with E-state index in [9.17, 15) is 0 Å². The molecular weight excluding hydrogens is 432 g/mol. The van der Waals surface area contributed by atoms with Crippen molar-refractivity contribution >= 4 is 0 Å². The van der Waals surface area contributed by atoms with Gasteiger partial charge in [0.05, 0.1) is 0 Å². The van der Waals surface area contributed by atoms with E-state index >= 15 is 0 Å². The standard InChI is InChI=1S/2C9H13.2C7H7.Ti/c2*1-6-5-7(2)9(4)8(6)3;2*1-7-5-3-2-4-6-7;/h2*5H,1-4H3;2*2-6H,1H2;. The zero-order valence-corrected chi connectivity index (χ0v) is 23.4. The van der Waals surface area contributed by atoms with E-state index in [-0.39, 0.29) is 7.44 Å². The van der Waals surface area contributed by atoms with Gasteiger partial charge in [-0.2, -0.15) is 0 Å². The second kappa shape index (κ2) is 8.72. The van der Waals surface area contributed by atoms with E-state index in [1.807, 2.05) is 0 Å². The van der Waals surface area contributed by atoms with E-state index < -0.39 is 16.6 Å². The normalized spacial score (nSPS) is 25.6.